The van der Waals surface area contributed by atoms with Crippen LogP contribution in [0, 0.1) is 5.82 Å². The van der Waals surface area contributed by atoms with Gasteiger partial charge in [-0.15, -0.1) is 11.3 Å². The van der Waals surface area contributed by atoms with Crippen LogP contribution < -0.4 is 5.32 Å². The Kier molecular flexibility index (Phi) is 3.92. The van der Waals surface area contributed by atoms with Crippen molar-refractivity contribution in [1.82, 2.24) is 5.32 Å². The molecule has 0 spiro atoms. The zero-order valence-corrected chi connectivity index (χ0v) is 12.2. The van der Waals surface area contributed by atoms with Crippen molar-refractivity contribution in [3.05, 3.63) is 33.9 Å². The maximum absolute atomic E-state index is 13.7. The van der Waals surface area contributed by atoms with E-state index in [1.165, 1.54) is 17.4 Å². The first kappa shape index (κ1) is 13.8. The minimum absolute atomic E-state index is 0.0730. The molecule has 0 radical (unpaired) electrons. The number of halogens is 2. The van der Waals surface area contributed by atoms with Gasteiger partial charge in [0, 0.05) is 23.2 Å². The molecule has 1 aromatic carbocycles. The number of nitrogens with one attached hydrogen (secondary N) is 1. The number of carbonyl (C=O) groups excluding carboxylic acids is 1. The van der Waals surface area contributed by atoms with E-state index in [1.807, 2.05) is 0 Å². The Morgan fingerprint density at radius 1 is 1.55 bits per heavy atom. The van der Waals surface area contributed by atoms with Crippen molar-refractivity contribution in [3.8, 4) is 0 Å². The molecule has 1 N–H and O–H groups in total. The first-order valence-corrected chi connectivity index (χ1v) is 7.62. The molecule has 106 valence electrons. The van der Waals surface area contributed by atoms with E-state index in [-0.39, 0.29) is 17.0 Å². The van der Waals surface area contributed by atoms with Gasteiger partial charge in [0.1, 0.15) is 10.7 Å². The number of hydrogen-bond acceptors (Lipinski definition) is 3. The molecule has 1 fully saturated rings. The number of benzene rings is 1. The Morgan fingerprint density at radius 2 is 2.40 bits per heavy atom. The summed E-state index contributed by atoms with van der Waals surface area (Å²) in [6, 6.07) is 4.71. The molecule has 1 aliphatic rings. The third-order valence-corrected chi connectivity index (χ3v) is 4.97. The summed E-state index contributed by atoms with van der Waals surface area (Å²) in [6.45, 7) is 1.21. The number of hydrogen-bond donors (Lipinski definition) is 1. The molecule has 0 bridgehead atoms. The van der Waals surface area contributed by atoms with Crippen LogP contribution in [0.1, 0.15) is 22.5 Å². The summed E-state index contributed by atoms with van der Waals surface area (Å²) in [5.74, 6) is -0.673. The topological polar surface area (TPSA) is 38.3 Å². The minimum Gasteiger partial charge on any atom is -0.376 e. The molecule has 1 aromatic heterocycles. The van der Waals surface area contributed by atoms with Crippen LogP contribution in [0.4, 0.5) is 4.39 Å². The Balaban J connectivity index is 1.80. The molecule has 6 heteroatoms. The quantitative estimate of drug-likeness (QED) is 0.940. The molecule has 0 unspecified atom stereocenters. The Bertz CT molecular complexity index is 652. The number of carbonyl (C=O) groups is 1. The lowest BCUT2D eigenvalue weighted by molar-refractivity contribution is 0.0861. The van der Waals surface area contributed by atoms with Crippen molar-refractivity contribution in [2.45, 2.75) is 18.9 Å². The standard InChI is InChI=1S/C14H13ClFNO2S/c15-12-11-9(16)4-1-5-10(11)20-13(12)14(18)17-7-8-3-2-6-19-8/h1,4-5,8H,2-3,6-7H2,(H,17,18)/t8-/m1/s1. The highest BCUT2D eigenvalue weighted by Gasteiger charge is 2.21. The predicted molar refractivity (Wildman–Crippen MR) is 78.1 cm³/mol. The van der Waals surface area contributed by atoms with E-state index in [1.54, 1.807) is 12.1 Å². The van der Waals surface area contributed by atoms with Crippen LogP contribution in [0.15, 0.2) is 18.2 Å². The second-order valence-corrected chi connectivity index (χ2v) is 6.13. The van der Waals surface area contributed by atoms with Crippen molar-refractivity contribution >= 4 is 38.9 Å². The van der Waals surface area contributed by atoms with E-state index in [0.29, 0.717) is 21.5 Å². The van der Waals surface area contributed by atoms with Crippen molar-refractivity contribution in [1.29, 1.82) is 0 Å². The third-order valence-electron chi connectivity index (χ3n) is 3.33. The lowest BCUT2D eigenvalue weighted by Gasteiger charge is -2.09. The highest BCUT2D eigenvalue weighted by molar-refractivity contribution is 7.21. The normalized spacial score (nSPS) is 18.6. The molecule has 0 saturated carbocycles. The van der Waals surface area contributed by atoms with Gasteiger partial charge in [-0.3, -0.25) is 4.79 Å². The molecule has 1 amide bonds. The van der Waals surface area contributed by atoms with Gasteiger partial charge in [0.2, 0.25) is 0 Å². The molecule has 1 saturated heterocycles. The van der Waals surface area contributed by atoms with Gasteiger partial charge in [0.15, 0.2) is 0 Å². The Hall–Kier alpha value is -1.17. The highest BCUT2D eigenvalue weighted by Crippen LogP contribution is 2.36. The van der Waals surface area contributed by atoms with Gasteiger partial charge in [0.05, 0.1) is 11.1 Å². The molecule has 2 heterocycles. The third kappa shape index (κ3) is 2.53. The summed E-state index contributed by atoms with van der Waals surface area (Å²) in [6.07, 6.45) is 2.05. The lowest BCUT2D eigenvalue weighted by atomic mass is 10.2. The van der Waals surface area contributed by atoms with E-state index < -0.39 is 5.82 Å². The van der Waals surface area contributed by atoms with Crippen LogP contribution in [0.5, 0.6) is 0 Å². The lowest BCUT2D eigenvalue weighted by Crippen LogP contribution is -2.31. The maximum Gasteiger partial charge on any atom is 0.263 e. The van der Waals surface area contributed by atoms with E-state index in [0.717, 1.165) is 19.4 Å². The van der Waals surface area contributed by atoms with Crippen LogP contribution >= 0.6 is 22.9 Å². The first-order valence-electron chi connectivity index (χ1n) is 6.43. The minimum atomic E-state index is -0.401. The predicted octanol–water partition coefficient (Wildman–Crippen LogP) is 3.60. The molecule has 1 aliphatic heterocycles. The van der Waals surface area contributed by atoms with Gasteiger partial charge in [-0.25, -0.2) is 4.39 Å². The summed E-state index contributed by atoms with van der Waals surface area (Å²) in [5, 5.41) is 3.31. The summed E-state index contributed by atoms with van der Waals surface area (Å²) in [5.41, 5.74) is 0. The van der Waals surface area contributed by atoms with Gasteiger partial charge in [0.25, 0.3) is 5.91 Å². The van der Waals surface area contributed by atoms with E-state index in [2.05, 4.69) is 5.32 Å². The van der Waals surface area contributed by atoms with Gasteiger partial charge < -0.3 is 10.1 Å². The average molecular weight is 314 g/mol. The summed E-state index contributed by atoms with van der Waals surface area (Å²) < 4.78 is 19.8. The van der Waals surface area contributed by atoms with Crippen LogP contribution in [0.25, 0.3) is 10.1 Å². The Labute approximate surface area is 124 Å². The monoisotopic (exact) mass is 313 g/mol. The largest absolute Gasteiger partial charge is 0.376 e. The smallest absolute Gasteiger partial charge is 0.263 e. The van der Waals surface area contributed by atoms with E-state index in [9.17, 15) is 9.18 Å². The SMILES string of the molecule is O=C(NC[C@H]1CCCO1)c1sc2cccc(F)c2c1Cl. The average Bonchev–Trinajstić information content (AvgIpc) is 3.05. The van der Waals surface area contributed by atoms with Gasteiger partial charge in [-0.1, -0.05) is 17.7 Å². The van der Waals surface area contributed by atoms with Crippen molar-refractivity contribution < 1.29 is 13.9 Å². The molecule has 1 atom stereocenters. The fourth-order valence-corrected chi connectivity index (χ4v) is 3.78. The number of ether oxygens (including phenoxy) is 1. The summed E-state index contributed by atoms with van der Waals surface area (Å²) >= 11 is 7.33. The van der Waals surface area contributed by atoms with Gasteiger partial charge in [-0.05, 0) is 25.0 Å². The molecule has 2 aromatic rings. The zero-order chi connectivity index (χ0) is 14.1. The number of thiophene rings is 1. The molecule has 3 nitrogen and oxygen atoms in total. The molecular weight excluding hydrogens is 301 g/mol. The molecule has 3 rings (SSSR count). The maximum atomic E-state index is 13.7. The van der Waals surface area contributed by atoms with E-state index >= 15 is 0 Å². The van der Waals surface area contributed by atoms with Crippen LogP contribution in [-0.2, 0) is 4.74 Å². The van der Waals surface area contributed by atoms with Crippen molar-refractivity contribution in [2.24, 2.45) is 0 Å². The van der Waals surface area contributed by atoms with Crippen LogP contribution in [0.2, 0.25) is 5.02 Å². The number of amides is 1. The zero-order valence-electron chi connectivity index (χ0n) is 10.6. The van der Waals surface area contributed by atoms with Crippen molar-refractivity contribution in [3.63, 3.8) is 0 Å². The first-order chi connectivity index (χ1) is 9.66. The van der Waals surface area contributed by atoms with Crippen molar-refractivity contribution in [2.75, 3.05) is 13.2 Å². The molecular formula is C14H13ClFNO2S. The summed E-state index contributed by atoms with van der Waals surface area (Å²) in [4.78, 5) is 12.5. The molecule has 0 aliphatic carbocycles. The fraction of sp³-hybridized carbons (Fsp3) is 0.357. The van der Waals surface area contributed by atoms with Crippen LogP contribution in [0.3, 0.4) is 0 Å². The highest BCUT2D eigenvalue weighted by atomic mass is 35.5. The van der Waals surface area contributed by atoms with Gasteiger partial charge >= 0.3 is 0 Å². The van der Waals surface area contributed by atoms with Gasteiger partial charge in [-0.2, -0.15) is 0 Å². The summed E-state index contributed by atoms with van der Waals surface area (Å²) in [7, 11) is 0. The second kappa shape index (κ2) is 5.68. The Morgan fingerprint density at radius 3 is 3.10 bits per heavy atom. The fourth-order valence-electron chi connectivity index (χ4n) is 2.31. The number of rotatable bonds is 3. The van der Waals surface area contributed by atoms with Crippen LogP contribution in [-0.4, -0.2) is 25.2 Å². The number of fused-ring (bicyclic) bond motifs is 1. The molecule has 20 heavy (non-hydrogen) atoms. The van der Waals surface area contributed by atoms with E-state index in [4.69, 9.17) is 16.3 Å². The second-order valence-electron chi connectivity index (χ2n) is 4.70.